The number of rotatable bonds is 4. The molecule has 1 fully saturated rings. The Balaban J connectivity index is 2.32. The number of nitrogens with one attached hydrogen (secondary N) is 3. The molecule has 1 heterocycles. The van der Waals surface area contributed by atoms with Crippen LogP contribution < -0.4 is 26.9 Å². The van der Waals surface area contributed by atoms with Gasteiger partial charge < -0.3 is 4.74 Å². The number of para-hydroxylation sites is 1. The first-order valence-electron chi connectivity index (χ1n) is 6.81. The third-order valence-corrected chi connectivity index (χ3v) is 3.43. The number of hydrogen-bond acceptors (Lipinski definition) is 5. The Morgan fingerprint density at radius 2 is 2.05 bits per heavy atom. The van der Waals surface area contributed by atoms with Gasteiger partial charge in [0.2, 0.25) is 5.91 Å². The SMILES string of the molecule is CC(C)Oc1ccccc1C1NNC(C)C1C(=O)NN. The molecule has 3 atom stereocenters. The smallest absolute Gasteiger partial charge is 0.240 e. The van der Waals surface area contributed by atoms with Gasteiger partial charge in [-0.15, -0.1) is 0 Å². The molecule has 5 N–H and O–H groups in total. The van der Waals surface area contributed by atoms with Crippen LogP contribution in [-0.4, -0.2) is 18.1 Å². The largest absolute Gasteiger partial charge is 0.491 e. The average molecular weight is 278 g/mol. The van der Waals surface area contributed by atoms with E-state index in [0.29, 0.717) is 0 Å². The zero-order valence-corrected chi connectivity index (χ0v) is 12.0. The molecule has 0 aliphatic carbocycles. The maximum Gasteiger partial charge on any atom is 0.240 e. The highest BCUT2D eigenvalue weighted by atomic mass is 16.5. The zero-order chi connectivity index (χ0) is 14.7. The molecule has 0 spiro atoms. The van der Waals surface area contributed by atoms with Crippen molar-refractivity contribution in [1.29, 1.82) is 0 Å². The fourth-order valence-electron chi connectivity index (χ4n) is 2.53. The Labute approximate surface area is 119 Å². The van der Waals surface area contributed by atoms with Gasteiger partial charge >= 0.3 is 0 Å². The summed E-state index contributed by atoms with van der Waals surface area (Å²) in [6.07, 6.45) is 0.0738. The monoisotopic (exact) mass is 278 g/mol. The predicted octanol–water partition coefficient (Wildman–Crippen LogP) is 0.617. The van der Waals surface area contributed by atoms with E-state index in [1.165, 1.54) is 0 Å². The lowest BCUT2D eigenvalue weighted by Gasteiger charge is -2.22. The molecule has 2 rings (SSSR count). The summed E-state index contributed by atoms with van der Waals surface area (Å²) < 4.78 is 5.82. The predicted molar refractivity (Wildman–Crippen MR) is 76.5 cm³/mol. The number of carbonyl (C=O) groups excluding carboxylic acids is 1. The second kappa shape index (κ2) is 6.21. The molecule has 3 unspecified atom stereocenters. The van der Waals surface area contributed by atoms with Gasteiger partial charge in [-0.1, -0.05) is 18.2 Å². The second-order valence-electron chi connectivity index (χ2n) is 5.29. The van der Waals surface area contributed by atoms with Gasteiger partial charge in [0.05, 0.1) is 18.1 Å². The Morgan fingerprint density at radius 3 is 2.70 bits per heavy atom. The highest BCUT2D eigenvalue weighted by Gasteiger charge is 2.40. The highest BCUT2D eigenvalue weighted by Crippen LogP contribution is 2.34. The van der Waals surface area contributed by atoms with Crippen molar-refractivity contribution < 1.29 is 9.53 Å². The van der Waals surface area contributed by atoms with Gasteiger partial charge in [-0.2, -0.15) is 0 Å². The van der Waals surface area contributed by atoms with Crippen molar-refractivity contribution in [3.8, 4) is 5.75 Å². The number of ether oxygens (including phenoxy) is 1. The van der Waals surface area contributed by atoms with E-state index < -0.39 is 0 Å². The summed E-state index contributed by atoms with van der Waals surface area (Å²) in [7, 11) is 0. The molecular weight excluding hydrogens is 256 g/mol. The number of hydrazine groups is 2. The average Bonchev–Trinajstić information content (AvgIpc) is 2.79. The van der Waals surface area contributed by atoms with E-state index in [-0.39, 0.29) is 30.0 Å². The number of hydrogen-bond donors (Lipinski definition) is 4. The van der Waals surface area contributed by atoms with E-state index in [1.54, 1.807) is 0 Å². The summed E-state index contributed by atoms with van der Waals surface area (Å²) in [4.78, 5) is 12.0. The van der Waals surface area contributed by atoms with Crippen molar-refractivity contribution in [3.05, 3.63) is 29.8 Å². The molecule has 1 aliphatic heterocycles. The normalized spacial score (nSPS) is 25.8. The van der Waals surface area contributed by atoms with Crippen LogP contribution in [0.1, 0.15) is 32.4 Å². The van der Waals surface area contributed by atoms with E-state index in [9.17, 15) is 4.79 Å². The maximum absolute atomic E-state index is 12.0. The van der Waals surface area contributed by atoms with E-state index in [2.05, 4.69) is 16.3 Å². The van der Waals surface area contributed by atoms with Gasteiger partial charge in [-0.05, 0) is 26.8 Å². The van der Waals surface area contributed by atoms with Crippen LogP contribution in [0.25, 0.3) is 0 Å². The standard InChI is InChI=1S/C14H22N4O2/c1-8(2)20-11-7-5-4-6-10(11)13-12(14(19)16-15)9(3)17-18-13/h4-9,12-13,17-18H,15H2,1-3H3,(H,16,19). The molecule has 6 heteroatoms. The van der Waals surface area contributed by atoms with Crippen molar-refractivity contribution in [2.45, 2.75) is 39.0 Å². The van der Waals surface area contributed by atoms with Crippen molar-refractivity contribution in [2.75, 3.05) is 0 Å². The Bertz CT molecular complexity index is 478. The number of nitrogens with two attached hydrogens (primary N) is 1. The van der Waals surface area contributed by atoms with Gasteiger partial charge in [-0.3, -0.25) is 15.6 Å². The lowest BCUT2D eigenvalue weighted by atomic mass is 9.89. The van der Waals surface area contributed by atoms with Crippen molar-refractivity contribution in [2.24, 2.45) is 11.8 Å². The van der Waals surface area contributed by atoms with Crippen LogP contribution in [0.4, 0.5) is 0 Å². The number of amides is 1. The number of carbonyl (C=O) groups is 1. The van der Waals surface area contributed by atoms with E-state index in [4.69, 9.17) is 10.6 Å². The van der Waals surface area contributed by atoms with E-state index in [1.807, 2.05) is 45.0 Å². The summed E-state index contributed by atoms with van der Waals surface area (Å²) in [6, 6.07) is 7.54. The molecule has 1 saturated heterocycles. The Hall–Kier alpha value is -1.63. The minimum Gasteiger partial charge on any atom is -0.491 e. The topological polar surface area (TPSA) is 88.4 Å². The van der Waals surface area contributed by atoms with Crippen LogP contribution in [0.15, 0.2) is 24.3 Å². The molecule has 1 amide bonds. The molecule has 0 radical (unpaired) electrons. The minimum absolute atomic E-state index is 0.0179. The Morgan fingerprint density at radius 1 is 1.35 bits per heavy atom. The summed E-state index contributed by atoms with van der Waals surface area (Å²) >= 11 is 0. The molecule has 1 aromatic carbocycles. The second-order valence-corrected chi connectivity index (χ2v) is 5.29. The van der Waals surface area contributed by atoms with Crippen molar-refractivity contribution in [3.63, 3.8) is 0 Å². The minimum atomic E-state index is -0.295. The van der Waals surface area contributed by atoms with Crippen LogP contribution in [0.2, 0.25) is 0 Å². The summed E-state index contributed by atoms with van der Waals surface area (Å²) in [5.74, 6) is 5.58. The molecule has 0 bridgehead atoms. The first-order chi connectivity index (χ1) is 9.54. The molecule has 1 aromatic rings. The Kier molecular flexibility index (Phi) is 4.59. The first-order valence-corrected chi connectivity index (χ1v) is 6.81. The summed E-state index contributed by atoms with van der Waals surface area (Å²) in [5, 5.41) is 0. The van der Waals surface area contributed by atoms with Gasteiger partial charge in [-0.25, -0.2) is 11.3 Å². The van der Waals surface area contributed by atoms with Crippen molar-refractivity contribution >= 4 is 5.91 Å². The molecule has 0 aromatic heterocycles. The summed E-state index contributed by atoms with van der Waals surface area (Å²) in [6.45, 7) is 5.90. The molecule has 110 valence electrons. The first kappa shape index (κ1) is 14.8. The molecule has 1 aliphatic rings. The van der Waals surface area contributed by atoms with E-state index >= 15 is 0 Å². The molecule has 20 heavy (non-hydrogen) atoms. The zero-order valence-electron chi connectivity index (χ0n) is 12.0. The van der Waals surface area contributed by atoms with Gasteiger partial charge in [0, 0.05) is 11.6 Å². The fraction of sp³-hybridized carbons (Fsp3) is 0.500. The highest BCUT2D eigenvalue weighted by molar-refractivity contribution is 5.80. The fourth-order valence-corrected chi connectivity index (χ4v) is 2.53. The third kappa shape index (κ3) is 2.92. The molecular formula is C14H22N4O2. The van der Waals surface area contributed by atoms with Crippen LogP contribution in [-0.2, 0) is 4.79 Å². The quantitative estimate of drug-likeness (QED) is 0.368. The van der Waals surface area contributed by atoms with Crippen molar-refractivity contribution in [1.82, 2.24) is 16.3 Å². The van der Waals surface area contributed by atoms with Gasteiger partial charge in [0.1, 0.15) is 5.75 Å². The van der Waals surface area contributed by atoms with Gasteiger partial charge in [0.25, 0.3) is 0 Å². The van der Waals surface area contributed by atoms with Gasteiger partial charge in [0.15, 0.2) is 0 Å². The lowest BCUT2D eigenvalue weighted by Crippen LogP contribution is -2.41. The number of benzene rings is 1. The van der Waals surface area contributed by atoms with E-state index in [0.717, 1.165) is 11.3 Å². The van der Waals surface area contributed by atoms with Crippen LogP contribution in [0, 0.1) is 5.92 Å². The lowest BCUT2D eigenvalue weighted by molar-refractivity contribution is -0.125. The van der Waals surface area contributed by atoms with Crippen LogP contribution in [0.3, 0.4) is 0 Å². The maximum atomic E-state index is 12.0. The summed E-state index contributed by atoms with van der Waals surface area (Å²) in [5.41, 5.74) is 9.44. The van der Waals surface area contributed by atoms with Crippen LogP contribution in [0.5, 0.6) is 5.75 Å². The van der Waals surface area contributed by atoms with Crippen LogP contribution >= 0.6 is 0 Å². The molecule has 0 saturated carbocycles. The third-order valence-electron chi connectivity index (χ3n) is 3.43. The molecule has 6 nitrogen and oxygen atoms in total.